The highest BCUT2D eigenvalue weighted by Crippen LogP contribution is 2.09. The summed E-state index contributed by atoms with van der Waals surface area (Å²) >= 11 is 0. The van der Waals surface area contributed by atoms with Crippen LogP contribution in [0.5, 0.6) is 0 Å². The molecular formula is C6H14ClNO4. The van der Waals surface area contributed by atoms with Crippen molar-refractivity contribution in [3.8, 4) is 0 Å². The van der Waals surface area contributed by atoms with Gasteiger partial charge >= 0.3 is 0 Å². The highest BCUT2D eigenvalue weighted by molar-refractivity contribution is 5.85. The molecule has 0 aromatic heterocycles. The molecular weight excluding hydrogens is 186 g/mol. The van der Waals surface area contributed by atoms with Crippen molar-refractivity contribution in [3.63, 3.8) is 0 Å². The van der Waals surface area contributed by atoms with Crippen LogP contribution in [0.1, 0.15) is 0 Å². The van der Waals surface area contributed by atoms with Crippen molar-refractivity contribution in [2.75, 3.05) is 13.2 Å². The molecule has 1 aliphatic rings. The fourth-order valence-electron chi connectivity index (χ4n) is 1.08. The minimum Gasteiger partial charge on any atom is -0.395 e. The number of hydrogen-bond donors (Lipinski definition) is 5. The SMILES string of the molecule is Cl.[2H]N1C[C@H](O)[C@@H](O)[C@@H](O)[C@H]1CO. The molecule has 5 N–H and O–H groups in total. The van der Waals surface area contributed by atoms with Gasteiger partial charge in [0.2, 0.25) is 0 Å². The topological polar surface area (TPSA) is 93.0 Å². The third kappa shape index (κ3) is 2.29. The van der Waals surface area contributed by atoms with E-state index in [1.807, 2.05) is 0 Å². The molecule has 12 heavy (non-hydrogen) atoms. The van der Waals surface area contributed by atoms with Crippen molar-refractivity contribution < 1.29 is 21.8 Å². The van der Waals surface area contributed by atoms with Gasteiger partial charge in [0.25, 0.3) is 0 Å². The number of piperidine rings is 1. The number of rotatable bonds is 1. The summed E-state index contributed by atoms with van der Waals surface area (Å²) in [4.78, 5) is 0. The summed E-state index contributed by atoms with van der Waals surface area (Å²) in [6.07, 6.45) is -3.67. The average Bonchev–Trinajstić information content (AvgIpc) is 2.01. The summed E-state index contributed by atoms with van der Waals surface area (Å²) in [5, 5.41) is 37.1. The van der Waals surface area contributed by atoms with E-state index in [-0.39, 0.29) is 19.0 Å². The van der Waals surface area contributed by atoms with Crippen LogP contribution in [0, 0.1) is 0 Å². The zero-order valence-electron chi connectivity index (χ0n) is 7.37. The molecule has 0 unspecified atom stereocenters. The van der Waals surface area contributed by atoms with E-state index in [4.69, 9.17) is 16.7 Å². The Morgan fingerprint density at radius 1 is 1.33 bits per heavy atom. The van der Waals surface area contributed by atoms with E-state index in [2.05, 4.69) is 0 Å². The largest absolute Gasteiger partial charge is 0.395 e. The predicted molar refractivity (Wildman–Crippen MR) is 44.1 cm³/mol. The van der Waals surface area contributed by atoms with Crippen molar-refractivity contribution in [2.45, 2.75) is 24.4 Å². The first-order chi connectivity index (χ1) is 5.57. The molecule has 0 amide bonds. The van der Waals surface area contributed by atoms with Crippen LogP contribution < -0.4 is 5.31 Å². The molecule has 1 fully saturated rings. The quantitative estimate of drug-likeness (QED) is 0.322. The van der Waals surface area contributed by atoms with Crippen LogP contribution in [-0.2, 0) is 0 Å². The Kier molecular flexibility index (Phi) is 4.20. The van der Waals surface area contributed by atoms with E-state index >= 15 is 0 Å². The number of aliphatic hydroxyl groups is 4. The van der Waals surface area contributed by atoms with Crippen molar-refractivity contribution in [1.82, 2.24) is 5.31 Å². The third-order valence-electron chi connectivity index (χ3n) is 1.85. The summed E-state index contributed by atoms with van der Waals surface area (Å²) in [6, 6.07) is -0.816. The van der Waals surface area contributed by atoms with Gasteiger partial charge in [0.05, 0.1) is 24.9 Å². The van der Waals surface area contributed by atoms with Gasteiger partial charge in [-0.1, -0.05) is 0 Å². The number of aliphatic hydroxyl groups excluding tert-OH is 4. The molecule has 0 radical (unpaired) electrons. The zero-order chi connectivity index (χ0) is 9.30. The van der Waals surface area contributed by atoms with Crippen molar-refractivity contribution >= 4 is 12.4 Å². The normalized spacial score (nSPS) is 44.8. The van der Waals surface area contributed by atoms with Crippen molar-refractivity contribution in [3.05, 3.63) is 0 Å². The van der Waals surface area contributed by atoms with Gasteiger partial charge in [-0.25, -0.2) is 0 Å². The lowest BCUT2D eigenvalue weighted by Gasteiger charge is -2.34. The van der Waals surface area contributed by atoms with E-state index in [1.165, 1.54) is 0 Å². The number of β-amino-alcohol motifs (C(OH)–C–C–N with tert-alkyl or cyclic N) is 1. The molecule has 0 aromatic carbocycles. The van der Waals surface area contributed by atoms with Crippen LogP contribution in [-0.4, -0.2) is 57.9 Å². The first-order valence-electron chi connectivity index (χ1n) is 3.93. The Labute approximate surface area is 77.9 Å². The zero-order valence-corrected chi connectivity index (χ0v) is 7.18. The van der Waals surface area contributed by atoms with Crippen LogP contribution in [0.3, 0.4) is 0 Å². The van der Waals surface area contributed by atoms with Gasteiger partial charge in [-0.3, -0.25) is 0 Å². The van der Waals surface area contributed by atoms with E-state index in [1.54, 1.807) is 0 Å². The van der Waals surface area contributed by atoms with E-state index in [0.29, 0.717) is 0 Å². The molecule has 0 aromatic rings. The maximum Gasteiger partial charge on any atom is 0.123 e. The Hall–Kier alpha value is 0.0900. The standard InChI is InChI=1S/C6H13NO4.ClH/c8-2-3-5(10)6(11)4(9)1-7-3;/h3-11H,1-2H2;1H/t3-,4+,5+,6-;/m1./s1/i/hD. The Morgan fingerprint density at radius 3 is 2.42 bits per heavy atom. The van der Waals surface area contributed by atoms with Crippen molar-refractivity contribution in [2.24, 2.45) is 0 Å². The van der Waals surface area contributed by atoms with Gasteiger partial charge in [-0.2, -0.15) is 0 Å². The number of nitrogens with one attached hydrogen (secondary N) is 1. The lowest BCUT2D eigenvalue weighted by molar-refractivity contribution is -0.101. The van der Waals surface area contributed by atoms with Gasteiger partial charge < -0.3 is 25.7 Å². The molecule has 1 heterocycles. The Bertz CT molecular complexity index is 164. The summed E-state index contributed by atoms with van der Waals surface area (Å²) < 4.78 is 7.22. The monoisotopic (exact) mass is 200 g/mol. The van der Waals surface area contributed by atoms with Gasteiger partial charge in [0, 0.05) is 6.54 Å². The van der Waals surface area contributed by atoms with Crippen LogP contribution in [0.2, 0.25) is 1.41 Å². The van der Waals surface area contributed by atoms with E-state index in [0.717, 1.165) is 5.31 Å². The molecule has 0 spiro atoms. The molecule has 74 valence electrons. The summed E-state index contributed by atoms with van der Waals surface area (Å²) in [5.41, 5.74) is 0. The first-order valence-corrected chi connectivity index (χ1v) is 3.48. The molecule has 1 rings (SSSR count). The van der Waals surface area contributed by atoms with Gasteiger partial charge in [0.15, 0.2) is 0 Å². The fourth-order valence-corrected chi connectivity index (χ4v) is 1.08. The molecule has 0 aliphatic carbocycles. The number of hydrogen-bond acceptors (Lipinski definition) is 5. The molecule has 1 aliphatic heterocycles. The van der Waals surface area contributed by atoms with Gasteiger partial charge in [-0.15, -0.1) is 12.4 Å². The molecule has 4 atom stereocenters. The van der Waals surface area contributed by atoms with Gasteiger partial charge in [0.1, 0.15) is 7.52 Å². The molecule has 5 nitrogen and oxygen atoms in total. The molecule has 0 saturated carbocycles. The maximum absolute atomic E-state index is 9.25. The third-order valence-corrected chi connectivity index (χ3v) is 1.85. The van der Waals surface area contributed by atoms with Crippen LogP contribution >= 0.6 is 12.4 Å². The highest BCUT2D eigenvalue weighted by Gasteiger charge is 2.35. The smallest absolute Gasteiger partial charge is 0.123 e. The van der Waals surface area contributed by atoms with Crippen LogP contribution in [0.25, 0.3) is 0 Å². The van der Waals surface area contributed by atoms with Crippen molar-refractivity contribution in [1.29, 1.82) is 0 Å². The number of halogens is 1. The molecule has 0 bridgehead atoms. The second-order valence-corrected chi connectivity index (χ2v) is 2.66. The maximum atomic E-state index is 9.25. The lowest BCUT2D eigenvalue weighted by Crippen LogP contribution is -2.60. The average molecular weight is 201 g/mol. The second-order valence-electron chi connectivity index (χ2n) is 2.66. The summed E-state index contributed by atoms with van der Waals surface area (Å²) in [6.45, 7) is -0.474. The van der Waals surface area contributed by atoms with Gasteiger partial charge in [-0.05, 0) is 0 Å². The first kappa shape index (κ1) is 10.2. The predicted octanol–water partition coefficient (Wildman–Crippen LogP) is -2.55. The molecule has 6 heteroatoms. The minimum atomic E-state index is -1.27. The van der Waals surface area contributed by atoms with Crippen LogP contribution in [0.4, 0.5) is 0 Å². The fraction of sp³-hybridized carbons (Fsp3) is 1.00. The van der Waals surface area contributed by atoms with E-state index in [9.17, 15) is 5.11 Å². The second kappa shape index (κ2) is 4.96. The van der Waals surface area contributed by atoms with E-state index < -0.39 is 31.0 Å². The lowest BCUT2D eigenvalue weighted by atomic mass is 9.97. The Morgan fingerprint density at radius 2 is 1.92 bits per heavy atom. The minimum absolute atomic E-state index is 0. The Balaban J connectivity index is 0.00000144. The van der Waals surface area contributed by atoms with Crippen LogP contribution in [0.15, 0.2) is 0 Å². The summed E-state index contributed by atoms with van der Waals surface area (Å²) in [5.74, 6) is 0. The highest BCUT2D eigenvalue weighted by atomic mass is 35.5. The summed E-state index contributed by atoms with van der Waals surface area (Å²) in [7, 11) is 0. The molecule has 1 saturated heterocycles.